The maximum Gasteiger partial charge on any atom is 0.296 e. The van der Waals surface area contributed by atoms with Crippen molar-refractivity contribution >= 4 is 46.3 Å². The Bertz CT molecular complexity index is 1070. The molecule has 3 aromatic rings. The zero-order valence-electron chi connectivity index (χ0n) is 18.6. The minimum absolute atomic E-state index is 0.197. The van der Waals surface area contributed by atoms with Crippen molar-refractivity contribution in [2.45, 2.75) is 32.4 Å². The Morgan fingerprint density at radius 3 is 2.76 bits per heavy atom. The highest BCUT2D eigenvalue weighted by atomic mass is 32.2. The summed E-state index contributed by atoms with van der Waals surface area (Å²) in [4.78, 5) is 25.1. The number of fused-ring (bicyclic) bond motifs is 1. The van der Waals surface area contributed by atoms with Crippen molar-refractivity contribution in [2.75, 3.05) is 34.4 Å². The predicted octanol–water partition coefficient (Wildman–Crippen LogP) is 2.41. The lowest BCUT2D eigenvalue weighted by Gasteiger charge is -2.12. The largest absolute Gasteiger partial charge is 0.480 e. The summed E-state index contributed by atoms with van der Waals surface area (Å²) >= 11 is 1.55. The molecular weight excluding hydrogens is 440 g/mol. The number of nitrogens with zero attached hydrogens (tertiary/aromatic N) is 4. The monoisotopic (exact) mass is 470 g/mol. The third-order valence-corrected chi connectivity index (χ3v) is 5.91. The third kappa shape index (κ3) is 6.48. The van der Waals surface area contributed by atoms with Crippen molar-refractivity contribution in [1.82, 2.24) is 19.5 Å². The Morgan fingerprint density at radius 1 is 1.30 bits per heavy atom. The molecule has 0 unspecified atom stereocenters. The standard InChI is InChI=1S/C22H30N8O2S/c1-3-5-10-25-21-28-18(24)17-19(29-21)30(22(32)27-17)12-14-6-8-15(9-7-14)26-20(31)16(23)13-33-11-4-2/h4,6-9,16H,2-3,5,10-13,23H2,1H3,(H,26,31)(H,27,32)(H3,24,25,28,29)/t16-/m0/s1. The number of benzene rings is 1. The zero-order valence-corrected chi connectivity index (χ0v) is 19.4. The Morgan fingerprint density at radius 2 is 2.06 bits per heavy atom. The second-order valence-electron chi connectivity index (χ2n) is 7.50. The second-order valence-corrected chi connectivity index (χ2v) is 8.58. The lowest BCUT2D eigenvalue weighted by molar-refractivity contribution is -0.116. The van der Waals surface area contributed by atoms with Gasteiger partial charge in [-0.15, -0.1) is 0 Å². The molecular formula is C22H30N8O2S. The highest BCUT2D eigenvalue weighted by Gasteiger charge is 2.17. The highest BCUT2D eigenvalue weighted by Crippen LogP contribution is 2.25. The van der Waals surface area contributed by atoms with E-state index in [2.05, 4.69) is 39.4 Å². The number of carbonyl (C=O) groups excluding carboxylic acids is 1. The van der Waals surface area contributed by atoms with E-state index in [1.165, 1.54) is 0 Å². The molecule has 7 N–H and O–H groups in total. The molecule has 1 aromatic carbocycles. The summed E-state index contributed by atoms with van der Waals surface area (Å²) < 4.78 is 1.57. The first-order chi connectivity index (χ1) is 15.9. The Labute approximate surface area is 197 Å². The van der Waals surface area contributed by atoms with Crippen LogP contribution in [0.1, 0.15) is 25.3 Å². The van der Waals surface area contributed by atoms with E-state index >= 15 is 0 Å². The van der Waals surface area contributed by atoms with Crippen molar-refractivity contribution in [3.8, 4) is 6.01 Å². The Hall–Kier alpha value is -3.05. The molecule has 0 saturated carbocycles. The van der Waals surface area contributed by atoms with Gasteiger partial charge in [-0.1, -0.05) is 25.5 Å². The smallest absolute Gasteiger partial charge is 0.296 e. The number of nitrogen functional groups attached to an aromatic ring is 1. The van der Waals surface area contributed by atoms with E-state index in [9.17, 15) is 9.90 Å². The van der Waals surface area contributed by atoms with Crippen molar-refractivity contribution < 1.29 is 9.90 Å². The maximum atomic E-state index is 12.2. The molecule has 0 saturated heterocycles. The van der Waals surface area contributed by atoms with Crippen LogP contribution in [0.3, 0.4) is 0 Å². The van der Waals surface area contributed by atoms with Crippen LogP contribution >= 0.6 is 11.8 Å². The first kappa shape index (κ1) is 24.6. The zero-order chi connectivity index (χ0) is 23.8. The van der Waals surface area contributed by atoms with E-state index in [1.54, 1.807) is 34.9 Å². The molecule has 2 aromatic heterocycles. The quantitative estimate of drug-likeness (QED) is 0.251. The number of hydrogen-bond acceptors (Lipinski definition) is 9. The van der Waals surface area contributed by atoms with Gasteiger partial charge in [0.2, 0.25) is 11.9 Å². The molecule has 176 valence electrons. The maximum absolute atomic E-state index is 12.2. The van der Waals surface area contributed by atoms with Crippen LogP contribution in [-0.2, 0) is 11.3 Å². The molecule has 0 spiro atoms. The highest BCUT2D eigenvalue weighted by molar-refractivity contribution is 7.99. The van der Waals surface area contributed by atoms with Gasteiger partial charge in [-0.25, -0.2) is 0 Å². The molecule has 0 aliphatic carbocycles. The van der Waals surface area contributed by atoms with E-state index in [-0.39, 0.29) is 17.7 Å². The molecule has 0 bridgehead atoms. The van der Waals surface area contributed by atoms with Gasteiger partial charge in [-0.3, -0.25) is 9.36 Å². The number of anilines is 3. The molecule has 0 fully saturated rings. The Kier molecular flexibility index (Phi) is 8.72. The molecule has 1 amide bonds. The van der Waals surface area contributed by atoms with Crippen LogP contribution in [-0.4, -0.2) is 54.6 Å². The van der Waals surface area contributed by atoms with Crippen LogP contribution in [0.4, 0.5) is 17.5 Å². The van der Waals surface area contributed by atoms with Gasteiger partial charge in [0.25, 0.3) is 6.01 Å². The average molecular weight is 471 g/mol. The fourth-order valence-corrected chi connectivity index (χ4v) is 3.79. The second kappa shape index (κ2) is 11.7. The summed E-state index contributed by atoms with van der Waals surface area (Å²) in [5.74, 6) is 1.62. The third-order valence-electron chi connectivity index (χ3n) is 4.85. The number of rotatable bonds is 12. The van der Waals surface area contributed by atoms with E-state index in [4.69, 9.17) is 11.5 Å². The number of nitrogens with one attached hydrogen (secondary N) is 2. The van der Waals surface area contributed by atoms with E-state index in [1.807, 2.05) is 12.1 Å². The summed E-state index contributed by atoms with van der Waals surface area (Å²) in [5, 5.41) is 16.3. The van der Waals surface area contributed by atoms with Crippen LogP contribution in [0.5, 0.6) is 6.01 Å². The fraction of sp³-hybridized carbons (Fsp3) is 0.364. The number of carbonyl (C=O) groups is 1. The van der Waals surface area contributed by atoms with Crippen molar-refractivity contribution in [1.29, 1.82) is 0 Å². The summed E-state index contributed by atoms with van der Waals surface area (Å²) in [6.45, 7) is 6.80. The van der Waals surface area contributed by atoms with Crippen LogP contribution in [0.15, 0.2) is 24.3 Å². The molecule has 2 radical (unpaired) electrons. The lowest BCUT2D eigenvalue weighted by Crippen LogP contribution is -2.37. The van der Waals surface area contributed by atoms with Gasteiger partial charge in [-0.05, 0) is 43.2 Å². The molecule has 11 heteroatoms. The SMILES string of the molecule is [CH2][CH]CSC[C@H](N)C(=O)Nc1ccc(Cn2c(O)nc3c(N)nc(NCCCC)nc32)cc1. The lowest BCUT2D eigenvalue weighted by atomic mass is 10.2. The van der Waals surface area contributed by atoms with Gasteiger partial charge >= 0.3 is 0 Å². The van der Waals surface area contributed by atoms with Crippen LogP contribution < -0.4 is 22.1 Å². The van der Waals surface area contributed by atoms with E-state index in [0.29, 0.717) is 35.1 Å². The van der Waals surface area contributed by atoms with Gasteiger partial charge in [0.1, 0.15) is 0 Å². The number of nitrogens with two attached hydrogens (primary N) is 2. The number of unbranched alkanes of at least 4 members (excludes halogenated alkanes) is 1. The summed E-state index contributed by atoms with van der Waals surface area (Å²) in [6.07, 6.45) is 3.80. The summed E-state index contributed by atoms with van der Waals surface area (Å²) in [7, 11) is 0. The molecule has 33 heavy (non-hydrogen) atoms. The summed E-state index contributed by atoms with van der Waals surface area (Å²) in [5.41, 5.74) is 14.3. The first-order valence-corrected chi connectivity index (χ1v) is 11.9. The number of aromatic nitrogens is 4. The number of hydrogen-bond donors (Lipinski definition) is 5. The van der Waals surface area contributed by atoms with Crippen LogP contribution in [0.25, 0.3) is 11.2 Å². The van der Waals surface area contributed by atoms with Crippen molar-refractivity contribution in [3.05, 3.63) is 43.2 Å². The molecule has 0 aliphatic heterocycles. The van der Waals surface area contributed by atoms with Crippen LogP contribution in [0, 0.1) is 13.3 Å². The van der Waals surface area contributed by atoms with Gasteiger partial charge in [0, 0.05) is 18.0 Å². The average Bonchev–Trinajstić information content (AvgIpc) is 3.11. The fourth-order valence-electron chi connectivity index (χ4n) is 3.08. The first-order valence-electron chi connectivity index (χ1n) is 10.7. The van der Waals surface area contributed by atoms with Gasteiger partial charge in [0.05, 0.1) is 12.6 Å². The number of imidazole rings is 1. The normalized spacial score (nSPS) is 12.1. The number of thioether (sulfide) groups is 1. The molecule has 3 rings (SSSR count). The predicted molar refractivity (Wildman–Crippen MR) is 134 cm³/mol. The van der Waals surface area contributed by atoms with E-state index < -0.39 is 6.04 Å². The molecule has 1 atom stereocenters. The number of amides is 1. The van der Waals surface area contributed by atoms with Gasteiger partial charge < -0.3 is 27.2 Å². The van der Waals surface area contributed by atoms with E-state index in [0.717, 1.165) is 30.7 Å². The Balaban J connectivity index is 1.70. The van der Waals surface area contributed by atoms with Crippen molar-refractivity contribution in [3.63, 3.8) is 0 Å². The minimum Gasteiger partial charge on any atom is -0.480 e. The summed E-state index contributed by atoms with van der Waals surface area (Å²) in [6, 6.07) is 6.47. The topological polar surface area (TPSA) is 157 Å². The van der Waals surface area contributed by atoms with Crippen LogP contribution in [0.2, 0.25) is 0 Å². The van der Waals surface area contributed by atoms with Crippen molar-refractivity contribution in [2.24, 2.45) is 5.73 Å². The van der Waals surface area contributed by atoms with Gasteiger partial charge in [-0.2, -0.15) is 26.7 Å². The minimum atomic E-state index is -0.603. The molecule has 10 nitrogen and oxygen atoms in total. The molecule has 2 heterocycles. The van der Waals surface area contributed by atoms with Gasteiger partial charge in [0.15, 0.2) is 17.0 Å². The number of aromatic hydroxyl groups is 1. The molecule has 0 aliphatic rings.